The molecule has 10 heteroatoms. The number of nitrogens with zero attached hydrogens (tertiary/aromatic N) is 4. The van der Waals surface area contributed by atoms with Crippen molar-refractivity contribution in [3.05, 3.63) is 15.3 Å². The minimum atomic E-state index is -1.75. The largest absolute Gasteiger partial charge is 0.412 e. The summed E-state index contributed by atoms with van der Waals surface area (Å²) < 4.78 is 0. The zero-order chi connectivity index (χ0) is 10.6. The van der Waals surface area contributed by atoms with Crippen LogP contribution in [0.4, 0.5) is 0 Å². The minimum absolute atomic E-state index is 0. The highest BCUT2D eigenvalue weighted by Gasteiger charge is 2.28. The summed E-state index contributed by atoms with van der Waals surface area (Å²) >= 11 is 0. The van der Waals surface area contributed by atoms with Crippen LogP contribution in [0.1, 0.15) is 0 Å². The number of fused-ring (bicyclic) bond motifs is 1. The van der Waals surface area contributed by atoms with Crippen LogP contribution in [-0.2, 0) is 4.79 Å². The van der Waals surface area contributed by atoms with Crippen molar-refractivity contribution in [1.29, 1.82) is 0 Å². The van der Waals surface area contributed by atoms with E-state index in [0.717, 1.165) is 0 Å². The first-order chi connectivity index (χ1) is 6.61. The molecule has 80 valence electrons. The molecule has 0 atom stereocenters. The molecular formula is C5H5N5O5. The Hall–Kier alpha value is -2.49. The Morgan fingerprint density at radius 2 is 1.93 bits per heavy atom. The number of hydrogen-bond donors (Lipinski definition) is 1. The smallest absolute Gasteiger partial charge is 0.363 e. The van der Waals surface area contributed by atoms with Gasteiger partial charge >= 0.3 is 11.7 Å². The second-order valence-electron chi connectivity index (χ2n) is 2.00. The molecule has 1 amide bonds. The number of carbonyl (C=O) groups excluding carboxylic acids is 1. The first-order valence-electron chi connectivity index (χ1n) is 3.24. The van der Waals surface area contributed by atoms with Crippen LogP contribution >= 0.6 is 0 Å². The number of amidine groups is 1. The SMILES string of the molecule is O.O=C1[NH+]=CN=C2N=CN=C12.O=[N+]([O-])[O-]. The Labute approximate surface area is 81.8 Å². The molecule has 0 aromatic heterocycles. The van der Waals surface area contributed by atoms with Gasteiger partial charge in [0.05, 0.1) is 5.09 Å². The number of carbonyl (C=O) groups is 1. The Morgan fingerprint density at radius 1 is 1.33 bits per heavy atom. The van der Waals surface area contributed by atoms with Crippen molar-refractivity contribution in [2.75, 3.05) is 0 Å². The van der Waals surface area contributed by atoms with Gasteiger partial charge in [0.2, 0.25) is 5.71 Å². The Bertz CT molecular complexity index is 385. The van der Waals surface area contributed by atoms with Gasteiger partial charge in [-0.3, -0.25) is 0 Å². The van der Waals surface area contributed by atoms with E-state index in [1.165, 1.54) is 12.7 Å². The predicted molar refractivity (Wildman–Crippen MR) is 49.4 cm³/mol. The van der Waals surface area contributed by atoms with Crippen LogP contribution in [0.25, 0.3) is 0 Å². The summed E-state index contributed by atoms with van der Waals surface area (Å²) in [5.41, 5.74) is 0.294. The zero-order valence-electron chi connectivity index (χ0n) is 7.08. The van der Waals surface area contributed by atoms with Crippen LogP contribution < -0.4 is 4.99 Å². The summed E-state index contributed by atoms with van der Waals surface area (Å²) in [7, 11) is 0. The molecule has 10 nitrogen and oxygen atoms in total. The fraction of sp³-hybridized carbons (Fsp3) is 0. The van der Waals surface area contributed by atoms with Gasteiger partial charge in [-0.05, 0) is 4.99 Å². The van der Waals surface area contributed by atoms with Crippen molar-refractivity contribution in [2.45, 2.75) is 0 Å². The average Bonchev–Trinajstić information content (AvgIpc) is 2.52. The standard InChI is InChI=1S/C5H2N4O.NO3.H2O/c10-5-3-4(7-1-6-3)8-2-9-5;2-1(3)4;/h1-2H;;1H2/q;-1;/p+1. The summed E-state index contributed by atoms with van der Waals surface area (Å²) in [5.74, 6) is 0.145. The van der Waals surface area contributed by atoms with Gasteiger partial charge in [0.25, 0.3) is 6.34 Å². The fourth-order valence-corrected chi connectivity index (χ4v) is 0.735. The van der Waals surface area contributed by atoms with E-state index in [-0.39, 0.29) is 11.4 Å². The van der Waals surface area contributed by atoms with Gasteiger partial charge in [0, 0.05) is 0 Å². The first-order valence-corrected chi connectivity index (χ1v) is 3.24. The number of aliphatic imine (C=N–C) groups is 3. The highest BCUT2D eigenvalue weighted by molar-refractivity contribution is 6.68. The second-order valence-corrected chi connectivity index (χ2v) is 2.00. The molecule has 0 saturated heterocycles. The summed E-state index contributed by atoms with van der Waals surface area (Å²) in [5, 5.41) is 14.8. The molecule has 0 radical (unpaired) electrons. The first kappa shape index (κ1) is 12.5. The van der Waals surface area contributed by atoms with Gasteiger partial charge in [0.15, 0.2) is 0 Å². The van der Waals surface area contributed by atoms with Gasteiger partial charge in [-0.1, -0.05) is 0 Å². The van der Waals surface area contributed by atoms with Gasteiger partial charge in [-0.15, -0.1) is 0 Å². The molecule has 2 aliphatic rings. The lowest BCUT2D eigenvalue weighted by Gasteiger charge is -1.89. The van der Waals surface area contributed by atoms with E-state index in [0.29, 0.717) is 11.5 Å². The quantitative estimate of drug-likeness (QED) is 0.326. The van der Waals surface area contributed by atoms with Gasteiger partial charge in [-0.2, -0.15) is 4.99 Å². The van der Waals surface area contributed by atoms with E-state index in [1.807, 2.05) is 0 Å². The molecule has 0 bridgehead atoms. The molecule has 15 heavy (non-hydrogen) atoms. The topological polar surface area (TPSA) is 166 Å². The normalized spacial score (nSPS) is 15.3. The molecule has 2 heterocycles. The number of amides is 1. The maximum Gasteiger partial charge on any atom is 0.363 e. The van der Waals surface area contributed by atoms with Gasteiger partial charge in [0.1, 0.15) is 6.34 Å². The van der Waals surface area contributed by atoms with Crippen LogP contribution in [0.15, 0.2) is 15.0 Å². The summed E-state index contributed by atoms with van der Waals surface area (Å²) in [6.07, 6.45) is 2.62. The van der Waals surface area contributed by atoms with Crippen LogP contribution in [0.5, 0.6) is 0 Å². The maximum absolute atomic E-state index is 10.8. The molecule has 2 aliphatic heterocycles. The van der Waals surface area contributed by atoms with Crippen LogP contribution in [0.3, 0.4) is 0 Å². The molecule has 0 aromatic carbocycles. The van der Waals surface area contributed by atoms with Crippen molar-refractivity contribution in [3.63, 3.8) is 0 Å². The number of rotatable bonds is 0. The van der Waals surface area contributed by atoms with Gasteiger partial charge in [-0.25, -0.2) is 14.8 Å². The highest BCUT2D eigenvalue weighted by atomic mass is 16.9. The molecule has 0 unspecified atom stereocenters. The summed E-state index contributed by atoms with van der Waals surface area (Å²) in [6, 6.07) is 0. The monoisotopic (exact) mass is 215 g/mol. The van der Waals surface area contributed by atoms with Crippen LogP contribution in [0, 0.1) is 15.3 Å². The number of nitrogens with one attached hydrogen (secondary N) is 1. The average molecular weight is 215 g/mol. The Balaban J connectivity index is 0.000000346. The van der Waals surface area contributed by atoms with Crippen LogP contribution in [0.2, 0.25) is 0 Å². The molecule has 0 fully saturated rings. The predicted octanol–water partition coefficient (Wildman–Crippen LogP) is -3.55. The van der Waals surface area contributed by atoms with E-state index in [4.69, 9.17) is 15.3 Å². The lowest BCUT2D eigenvalue weighted by atomic mass is 10.3. The third-order valence-electron chi connectivity index (χ3n) is 1.18. The van der Waals surface area contributed by atoms with Crippen molar-refractivity contribution >= 4 is 30.1 Å². The molecular weight excluding hydrogens is 210 g/mol. The molecule has 3 N–H and O–H groups in total. The molecule has 2 rings (SSSR count). The van der Waals surface area contributed by atoms with Crippen molar-refractivity contribution in [1.82, 2.24) is 0 Å². The zero-order valence-corrected chi connectivity index (χ0v) is 7.08. The van der Waals surface area contributed by atoms with Crippen LogP contribution in [-0.4, -0.2) is 40.7 Å². The minimum Gasteiger partial charge on any atom is -0.412 e. The van der Waals surface area contributed by atoms with Crippen molar-refractivity contribution in [3.8, 4) is 0 Å². The molecule has 0 aliphatic carbocycles. The van der Waals surface area contributed by atoms with E-state index in [9.17, 15) is 4.79 Å². The van der Waals surface area contributed by atoms with Crippen molar-refractivity contribution < 1.29 is 20.3 Å². The van der Waals surface area contributed by atoms with E-state index in [1.54, 1.807) is 0 Å². The third kappa shape index (κ3) is 3.40. The van der Waals surface area contributed by atoms with E-state index >= 15 is 0 Å². The highest BCUT2D eigenvalue weighted by Crippen LogP contribution is 1.93. The second kappa shape index (κ2) is 5.29. The molecule has 0 saturated carbocycles. The van der Waals surface area contributed by atoms with E-state index in [2.05, 4.69) is 20.0 Å². The molecule has 0 aromatic rings. The van der Waals surface area contributed by atoms with E-state index < -0.39 is 5.09 Å². The maximum atomic E-state index is 10.8. The third-order valence-corrected chi connectivity index (χ3v) is 1.18. The fourth-order valence-electron chi connectivity index (χ4n) is 0.735. The lowest BCUT2D eigenvalue weighted by Crippen LogP contribution is -2.78. The summed E-state index contributed by atoms with van der Waals surface area (Å²) in [6.45, 7) is 0. The summed E-state index contributed by atoms with van der Waals surface area (Å²) in [4.78, 5) is 32.7. The lowest BCUT2D eigenvalue weighted by molar-refractivity contribution is -0.402. The Kier molecular flexibility index (Phi) is 4.41. The van der Waals surface area contributed by atoms with Crippen molar-refractivity contribution in [2.24, 2.45) is 15.0 Å². The number of hydrogen-bond acceptors (Lipinski definition) is 7. The molecule has 0 spiro atoms. The van der Waals surface area contributed by atoms with Gasteiger partial charge < -0.3 is 20.8 Å². The Morgan fingerprint density at radius 3 is 2.47 bits per heavy atom.